The first-order valence-electron chi connectivity index (χ1n) is 4.52. The zero-order valence-corrected chi connectivity index (χ0v) is 9.96. The van der Waals surface area contributed by atoms with Crippen molar-refractivity contribution in [3.63, 3.8) is 0 Å². The third-order valence-electron chi connectivity index (χ3n) is 2.05. The highest BCUT2D eigenvalue weighted by Gasteiger charge is 2.05. The molecule has 0 unspecified atom stereocenters. The van der Waals surface area contributed by atoms with Gasteiger partial charge < -0.3 is 4.74 Å². The van der Waals surface area contributed by atoms with Gasteiger partial charge in [0.05, 0.1) is 30.2 Å². The molecular weight excluding hydrogens is 247 g/mol. The lowest BCUT2D eigenvalue weighted by Crippen LogP contribution is -1.89. The van der Waals surface area contributed by atoms with Gasteiger partial charge in [0.25, 0.3) is 0 Å². The SMILES string of the molecule is COc1cc(-c2cncc(Cl)n2)ccc1Cl. The number of hydrogen-bond donors (Lipinski definition) is 0. The van der Waals surface area contributed by atoms with E-state index in [1.54, 1.807) is 25.4 Å². The lowest BCUT2D eigenvalue weighted by Gasteiger charge is -2.05. The van der Waals surface area contributed by atoms with Crippen LogP contribution in [0.1, 0.15) is 0 Å². The highest BCUT2D eigenvalue weighted by atomic mass is 35.5. The minimum Gasteiger partial charge on any atom is -0.495 e. The van der Waals surface area contributed by atoms with E-state index in [0.29, 0.717) is 21.6 Å². The molecule has 0 aliphatic rings. The third-order valence-corrected chi connectivity index (χ3v) is 2.55. The van der Waals surface area contributed by atoms with Gasteiger partial charge in [-0.1, -0.05) is 29.3 Å². The molecule has 0 saturated heterocycles. The number of halogens is 2. The fraction of sp³-hybridized carbons (Fsp3) is 0.0909. The lowest BCUT2D eigenvalue weighted by atomic mass is 10.1. The van der Waals surface area contributed by atoms with Gasteiger partial charge in [-0.2, -0.15) is 0 Å². The third kappa shape index (κ3) is 2.26. The standard InChI is InChI=1S/C11H8Cl2N2O/c1-16-10-4-7(2-3-8(10)12)9-5-14-6-11(13)15-9/h2-6H,1H3. The molecule has 0 bridgehead atoms. The highest BCUT2D eigenvalue weighted by Crippen LogP contribution is 2.29. The monoisotopic (exact) mass is 254 g/mol. The molecule has 0 saturated carbocycles. The van der Waals surface area contributed by atoms with Crippen LogP contribution in [0.3, 0.4) is 0 Å². The van der Waals surface area contributed by atoms with Gasteiger partial charge in [0.1, 0.15) is 10.9 Å². The summed E-state index contributed by atoms with van der Waals surface area (Å²) in [6, 6.07) is 5.38. The van der Waals surface area contributed by atoms with Crippen LogP contribution in [0.5, 0.6) is 5.75 Å². The molecule has 16 heavy (non-hydrogen) atoms. The molecule has 2 rings (SSSR count). The summed E-state index contributed by atoms with van der Waals surface area (Å²) in [5, 5.41) is 0.910. The second-order valence-electron chi connectivity index (χ2n) is 3.08. The average Bonchev–Trinajstić information content (AvgIpc) is 2.29. The first kappa shape index (κ1) is 11.2. The molecular formula is C11H8Cl2N2O. The van der Waals surface area contributed by atoms with Crippen LogP contribution in [0, 0.1) is 0 Å². The summed E-state index contributed by atoms with van der Waals surface area (Å²) in [6.07, 6.45) is 3.12. The Hall–Kier alpha value is -1.32. The van der Waals surface area contributed by atoms with Crippen molar-refractivity contribution in [2.24, 2.45) is 0 Å². The topological polar surface area (TPSA) is 35.0 Å². The number of methoxy groups -OCH3 is 1. The average molecular weight is 255 g/mol. The first-order valence-corrected chi connectivity index (χ1v) is 5.28. The molecule has 0 N–H and O–H groups in total. The van der Waals surface area contributed by atoms with E-state index in [9.17, 15) is 0 Å². The molecule has 0 atom stereocenters. The van der Waals surface area contributed by atoms with Crippen LogP contribution < -0.4 is 4.74 Å². The highest BCUT2D eigenvalue weighted by molar-refractivity contribution is 6.32. The van der Waals surface area contributed by atoms with Crippen LogP contribution in [0.15, 0.2) is 30.6 Å². The van der Waals surface area contributed by atoms with Crippen LogP contribution in [-0.2, 0) is 0 Å². The number of rotatable bonds is 2. The van der Waals surface area contributed by atoms with Gasteiger partial charge in [-0.05, 0) is 12.1 Å². The number of hydrogen-bond acceptors (Lipinski definition) is 3. The molecule has 0 radical (unpaired) electrons. The maximum Gasteiger partial charge on any atom is 0.148 e. The van der Waals surface area contributed by atoms with Gasteiger partial charge in [0, 0.05) is 5.56 Å². The zero-order valence-electron chi connectivity index (χ0n) is 8.45. The number of nitrogens with zero attached hydrogens (tertiary/aromatic N) is 2. The van der Waals surface area contributed by atoms with E-state index in [4.69, 9.17) is 27.9 Å². The Morgan fingerprint density at radius 2 is 2.00 bits per heavy atom. The Morgan fingerprint density at radius 1 is 1.19 bits per heavy atom. The number of aromatic nitrogens is 2. The predicted octanol–water partition coefficient (Wildman–Crippen LogP) is 3.46. The Kier molecular flexibility index (Phi) is 3.27. The molecule has 0 aliphatic carbocycles. The molecule has 0 amide bonds. The molecule has 1 heterocycles. The van der Waals surface area contributed by atoms with Crippen LogP contribution >= 0.6 is 23.2 Å². The van der Waals surface area contributed by atoms with E-state index >= 15 is 0 Å². The second kappa shape index (κ2) is 4.68. The lowest BCUT2D eigenvalue weighted by molar-refractivity contribution is 0.415. The Balaban J connectivity index is 2.48. The largest absolute Gasteiger partial charge is 0.495 e. The van der Waals surface area contributed by atoms with E-state index in [1.165, 1.54) is 6.20 Å². The van der Waals surface area contributed by atoms with Gasteiger partial charge >= 0.3 is 0 Å². The van der Waals surface area contributed by atoms with Gasteiger partial charge in [-0.3, -0.25) is 4.98 Å². The Labute approximate surface area is 103 Å². The van der Waals surface area contributed by atoms with E-state index in [0.717, 1.165) is 5.56 Å². The van der Waals surface area contributed by atoms with Crippen LogP contribution in [0.2, 0.25) is 10.2 Å². The fourth-order valence-electron chi connectivity index (χ4n) is 1.30. The van der Waals surface area contributed by atoms with Crippen molar-refractivity contribution in [2.45, 2.75) is 0 Å². The molecule has 0 spiro atoms. The molecule has 0 aliphatic heterocycles. The molecule has 5 heteroatoms. The van der Waals surface area contributed by atoms with E-state index < -0.39 is 0 Å². The summed E-state index contributed by atoms with van der Waals surface area (Å²) in [7, 11) is 1.56. The first-order chi connectivity index (χ1) is 7.70. The number of benzene rings is 1. The predicted molar refractivity (Wildman–Crippen MR) is 64.0 cm³/mol. The maximum atomic E-state index is 5.93. The van der Waals surface area contributed by atoms with Crippen molar-refractivity contribution >= 4 is 23.2 Å². The van der Waals surface area contributed by atoms with Gasteiger partial charge in [0.15, 0.2) is 0 Å². The second-order valence-corrected chi connectivity index (χ2v) is 3.87. The maximum absolute atomic E-state index is 5.93. The quantitative estimate of drug-likeness (QED) is 0.824. The van der Waals surface area contributed by atoms with Crippen molar-refractivity contribution in [2.75, 3.05) is 7.11 Å². The fourth-order valence-corrected chi connectivity index (χ4v) is 1.64. The van der Waals surface area contributed by atoms with Gasteiger partial charge in [0.2, 0.25) is 0 Å². The van der Waals surface area contributed by atoms with Crippen LogP contribution in [-0.4, -0.2) is 17.1 Å². The molecule has 3 nitrogen and oxygen atoms in total. The molecule has 1 aromatic heterocycles. The Morgan fingerprint density at radius 3 is 2.69 bits per heavy atom. The Bertz CT molecular complexity index is 517. The summed E-state index contributed by atoms with van der Waals surface area (Å²) in [6.45, 7) is 0. The minimum atomic E-state index is 0.353. The summed E-state index contributed by atoms with van der Waals surface area (Å²) in [4.78, 5) is 8.12. The van der Waals surface area contributed by atoms with Crippen molar-refractivity contribution in [3.05, 3.63) is 40.8 Å². The molecule has 82 valence electrons. The summed E-state index contributed by atoms with van der Waals surface area (Å²) in [5.41, 5.74) is 1.54. The minimum absolute atomic E-state index is 0.353. The molecule has 2 aromatic rings. The van der Waals surface area contributed by atoms with Crippen LogP contribution in [0.25, 0.3) is 11.3 Å². The van der Waals surface area contributed by atoms with E-state index in [1.807, 2.05) is 6.07 Å². The van der Waals surface area contributed by atoms with E-state index in [-0.39, 0.29) is 0 Å². The van der Waals surface area contributed by atoms with E-state index in [2.05, 4.69) is 9.97 Å². The van der Waals surface area contributed by atoms with Gasteiger partial charge in [-0.15, -0.1) is 0 Å². The zero-order chi connectivity index (χ0) is 11.5. The normalized spacial score (nSPS) is 10.2. The summed E-state index contributed by atoms with van der Waals surface area (Å²) < 4.78 is 5.12. The summed E-state index contributed by atoms with van der Waals surface area (Å²) in [5.74, 6) is 0.598. The van der Waals surface area contributed by atoms with Crippen molar-refractivity contribution in [1.29, 1.82) is 0 Å². The molecule has 0 fully saturated rings. The smallest absolute Gasteiger partial charge is 0.148 e. The summed E-state index contributed by atoms with van der Waals surface area (Å²) >= 11 is 11.7. The van der Waals surface area contributed by atoms with Crippen molar-refractivity contribution in [1.82, 2.24) is 9.97 Å². The van der Waals surface area contributed by atoms with Crippen molar-refractivity contribution < 1.29 is 4.74 Å². The van der Waals surface area contributed by atoms with Gasteiger partial charge in [-0.25, -0.2) is 4.98 Å². The molecule has 1 aromatic carbocycles. The van der Waals surface area contributed by atoms with Crippen molar-refractivity contribution in [3.8, 4) is 17.0 Å². The van der Waals surface area contributed by atoms with Crippen LogP contribution in [0.4, 0.5) is 0 Å². The number of ether oxygens (including phenoxy) is 1.